The molecule has 6 nitrogen and oxygen atoms in total. The van der Waals surface area contributed by atoms with E-state index in [1.807, 2.05) is 36.1 Å². The molecule has 5 rings (SSSR count). The third-order valence-corrected chi connectivity index (χ3v) is 7.15. The second-order valence-electron chi connectivity index (χ2n) is 8.66. The van der Waals surface area contributed by atoms with Crippen LogP contribution in [0.15, 0.2) is 22.7 Å². The Morgan fingerprint density at radius 3 is 2.71 bits per heavy atom. The van der Waals surface area contributed by atoms with Crippen LogP contribution >= 0.6 is 15.9 Å². The largest absolute Gasteiger partial charge is 0.358 e. The number of likely N-dealkylation sites (tertiary alicyclic amines) is 1. The van der Waals surface area contributed by atoms with Gasteiger partial charge in [-0.3, -0.25) is 9.59 Å². The van der Waals surface area contributed by atoms with Crippen molar-refractivity contribution in [2.24, 2.45) is 0 Å². The van der Waals surface area contributed by atoms with Crippen molar-refractivity contribution in [2.45, 2.75) is 32.6 Å². The zero-order valence-corrected chi connectivity index (χ0v) is 19.3. The number of H-pyrrole nitrogens is 1. The zero-order valence-electron chi connectivity index (χ0n) is 17.8. The minimum absolute atomic E-state index is 0.115. The third-order valence-electron chi connectivity index (χ3n) is 6.66. The average Bonchev–Trinajstić information content (AvgIpc) is 3.41. The van der Waals surface area contributed by atoms with Crippen LogP contribution in [-0.4, -0.2) is 59.3 Å². The fourth-order valence-corrected chi connectivity index (χ4v) is 5.30. The average molecular weight is 483 g/mol. The van der Waals surface area contributed by atoms with Crippen LogP contribution in [0.1, 0.15) is 52.1 Å². The van der Waals surface area contributed by atoms with Gasteiger partial charge in [0.2, 0.25) is 0 Å². The highest BCUT2D eigenvalue weighted by Crippen LogP contribution is 2.36. The topological polar surface area (TPSA) is 68.4 Å². The molecule has 0 saturated carbocycles. The van der Waals surface area contributed by atoms with Gasteiger partial charge in [-0.1, -0.05) is 15.9 Å². The van der Waals surface area contributed by atoms with Crippen molar-refractivity contribution >= 4 is 45.1 Å². The summed E-state index contributed by atoms with van der Waals surface area (Å²) in [6.07, 6.45) is 6.21. The molecule has 1 aromatic heterocycles. The number of fused-ring (bicyclic) bond motifs is 2. The fraction of sp³-hybridized carbons (Fsp3) is 0.417. The van der Waals surface area contributed by atoms with E-state index in [0.717, 1.165) is 83.8 Å². The molecule has 7 heteroatoms. The standard InChI is InChI=1S/C24H27BrN4O2/c1-15-21(14-18-17-13-16(25)6-7-19(17)27-23(18)30)26-20-5-4-10-29(24(31)22(15)20)12-11-28-8-2-3-9-28/h6-7,13-14,26H,2-5,8-12H2,1H3,(H,27,30)/b18-14-. The summed E-state index contributed by atoms with van der Waals surface area (Å²) in [5.74, 6) is -0.0000228. The summed E-state index contributed by atoms with van der Waals surface area (Å²) in [6.45, 7) is 6.81. The molecule has 2 amide bonds. The van der Waals surface area contributed by atoms with E-state index in [0.29, 0.717) is 5.57 Å². The summed E-state index contributed by atoms with van der Waals surface area (Å²) in [7, 11) is 0. The van der Waals surface area contributed by atoms with Crippen LogP contribution in [-0.2, 0) is 11.2 Å². The lowest BCUT2D eigenvalue weighted by molar-refractivity contribution is -0.110. The van der Waals surface area contributed by atoms with E-state index in [1.54, 1.807) is 0 Å². The fourth-order valence-electron chi connectivity index (χ4n) is 4.94. The molecule has 0 bridgehead atoms. The molecule has 3 aliphatic heterocycles. The van der Waals surface area contributed by atoms with Crippen molar-refractivity contribution in [1.82, 2.24) is 14.8 Å². The van der Waals surface area contributed by atoms with Gasteiger partial charge in [-0.2, -0.15) is 0 Å². The first-order valence-electron chi connectivity index (χ1n) is 11.1. The number of aromatic nitrogens is 1. The van der Waals surface area contributed by atoms with Gasteiger partial charge in [0, 0.05) is 46.7 Å². The van der Waals surface area contributed by atoms with Gasteiger partial charge in [-0.05, 0) is 75.5 Å². The molecular weight excluding hydrogens is 456 g/mol. The summed E-state index contributed by atoms with van der Waals surface area (Å²) in [6, 6.07) is 5.77. The summed E-state index contributed by atoms with van der Waals surface area (Å²) < 4.78 is 0.927. The maximum atomic E-state index is 13.4. The molecule has 0 unspecified atom stereocenters. The Morgan fingerprint density at radius 2 is 1.90 bits per heavy atom. The molecule has 1 saturated heterocycles. The van der Waals surface area contributed by atoms with Crippen molar-refractivity contribution < 1.29 is 9.59 Å². The lowest BCUT2D eigenvalue weighted by atomic mass is 10.0. The van der Waals surface area contributed by atoms with Crippen LogP contribution in [0.3, 0.4) is 0 Å². The maximum absolute atomic E-state index is 13.4. The lowest BCUT2D eigenvalue weighted by Crippen LogP contribution is -2.38. The SMILES string of the molecule is Cc1c(/C=C2\C(=O)Nc3ccc(Br)cc32)[nH]c2c1C(=O)N(CCN1CCCC1)CCC2. The molecule has 2 N–H and O–H groups in total. The zero-order chi connectivity index (χ0) is 21.5. The second kappa shape index (κ2) is 8.28. The molecule has 0 radical (unpaired) electrons. The number of hydrogen-bond donors (Lipinski definition) is 2. The predicted octanol–water partition coefficient (Wildman–Crippen LogP) is 4.06. The first-order valence-corrected chi connectivity index (χ1v) is 11.9. The van der Waals surface area contributed by atoms with Crippen LogP contribution in [0.5, 0.6) is 0 Å². The van der Waals surface area contributed by atoms with E-state index < -0.39 is 0 Å². The van der Waals surface area contributed by atoms with Crippen molar-refractivity contribution in [3.63, 3.8) is 0 Å². The summed E-state index contributed by atoms with van der Waals surface area (Å²) >= 11 is 3.49. The molecule has 0 aliphatic carbocycles. The molecule has 4 heterocycles. The van der Waals surface area contributed by atoms with Crippen molar-refractivity contribution in [2.75, 3.05) is 38.0 Å². The Morgan fingerprint density at radius 1 is 1.10 bits per heavy atom. The predicted molar refractivity (Wildman–Crippen MR) is 126 cm³/mol. The molecule has 3 aliphatic rings. The van der Waals surface area contributed by atoms with E-state index in [-0.39, 0.29) is 11.8 Å². The molecule has 162 valence electrons. The number of carbonyl (C=O) groups excluding carboxylic acids is 2. The van der Waals surface area contributed by atoms with Crippen LogP contribution in [0, 0.1) is 6.92 Å². The number of aromatic amines is 1. The van der Waals surface area contributed by atoms with Crippen LogP contribution in [0.4, 0.5) is 5.69 Å². The number of halogens is 1. The molecular formula is C24H27BrN4O2. The van der Waals surface area contributed by atoms with Crippen LogP contribution in [0.25, 0.3) is 11.6 Å². The Balaban J connectivity index is 1.44. The van der Waals surface area contributed by atoms with Gasteiger partial charge in [-0.25, -0.2) is 0 Å². The van der Waals surface area contributed by atoms with Crippen molar-refractivity contribution in [1.29, 1.82) is 0 Å². The summed E-state index contributed by atoms with van der Waals surface area (Å²) in [4.78, 5) is 33.9. The van der Waals surface area contributed by atoms with Crippen LogP contribution in [0.2, 0.25) is 0 Å². The highest BCUT2D eigenvalue weighted by atomic mass is 79.9. The Kier molecular flexibility index (Phi) is 5.48. The van der Waals surface area contributed by atoms with E-state index in [4.69, 9.17) is 0 Å². The van der Waals surface area contributed by atoms with Crippen LogP contribution < -0.4 is 5.32 Å². The van der Waals surface area contributed by atoms with Gasteiger partial charge in [0.15, 0.2) is 0 Å². The maximum Gasteiger partial charge on any atom is 0.256 e. The Bertz CT molecular complexity index is 1080. The van der Waals surface area contributed by atoms with Crippen molar-refractivity contribution in [3.8, 4) is 0 Å². The molecule has 1 aromatic carbocycles. The highest BCUT2D eigenvalue weighted by molar-refractivity contribution is 9.10. The normalized spacial score (nSPS) is 20.2. The van der Waals surface area contributed by atoms with Crippen molar-refractivity contribution in [3.05, 3.63) is 50.8 Å². The molecule has 0 spiro atoms. The number of anilines is 1. The van der Waals surface area contributed by atoms with Gasteiger partial charge in [0.25, 0.3) is 11.8 Å². The van der Waals surface area contributed by atoms with Gasteiger partial charge in [0.05, 0.1) is 11.1 Å². The quantitative estimate of drug-likeness (QED) is 0.645. The molecule has 31 heavy (non-hydrogen) atoms. The summed E-state index contributed by atoms with van der Waals surface area (Å²) in [5.41, 5.74) is 5.87. The number of nitrogens with one attached hydrogen (secondary N) is 2. The van der Waals surface area contributed by atoms with E-state index >= 15 is 0 Å². The Hall–Kier alpha value is -2.38. The first kappa shape index (κ1) is 20.5. The number of rotatable bonds is 4. The van der Waals surface area contributed by atoms with E-state index in [2.05, 4.69) is 31.1 Å². The number of amides is 2. The van der Waals surface area contributed by atoms with Gasteiger partial charge < -0.3 is 20.1 Å². The minimum atomic E-state index is -0.115. The number of carbonyl (C=O) groups is 2. The number of benzene rings is 1. The monoisotopic (exact) mass is 482 g/mol. The number of nitrogens with zero attached hydrogens (tertiary/aromatic N) is 2. The Labute approximate surface area is 190 Å². The third kappa shape index (κ3) is 3.85. The second-order valence-corrected chi connectivity index (χ2v) is 9.58. The van der Waals surface area contributed by atoms with E-state index in [1.165, 1.54) is 12.8 Å². The summed E-state index contributed by atoms with van der Waals surface area (Å²) in [5, 5.41) is 2.92. The molecule has 0 atom stereocenters. The van der Waals surface area contributed by atoms with E-state index in [9.17, 15) is 9.59 Å². The minimum Gasteiger partial charge on any atom is -0.358 e. The first-order chi connectivity index (χ1) is 15.0. The van der Waals surface area contributed by atoms with Gasteiger partial charge in [0.1, 0.15) is 0 Å². The van der Waals surface area contributed by atoms with Gasteiger partial charge in [-0.15, -0.1) is 0 Å². The molecule has 2 aromatic rings. The van der Waals surface area contributed by atoms with Gasteiger partial charge >= 0.3 is 0 Å². The highest BCUT2D eigenvalue weighted by Gasteiger charge is 2.29. The number of hydrogen-bond acceptors (Lipinski definition) is 3. The lowest BCUT2D eigenvalue weighted by Gasteiger charge is -2.24. The smallest absolute Gasteiger partial charge is 0.256 e. The number of aryl methyl sites for hydroxylation is 1. The molecule has 1 fully saturated rings.